The first-order chi connectivity index (χ1) is 14.2. The lowest BCUT2D eigenvalue weighted by molar-refractivity contribution is 0.0979. The first-order valence-corrected chi connectivity index (χ1v) is 9.99. The molecule has 0 aromatic heterocycles. The van der Waals surface area contributed by atoms with E-state index in [4.69, 9.17) is 4.74 Å². The van der Waals surface area contributed by atoms with Crippen molar-refractivity contribution in [3.63, 3.8) is 0 Å². The first kappa shape index (κ1) is 19.4. The molecule has 2 aliphatic heterocycles. The number of rotatable bonds is 6. The summed E-state index contributed by atoms with van der Waals surface area (Å²) in [5.41, 5.74) is 2.94. The molecule has 7 heteroatoms. The molecule has 2 aromatic carbocycles. The average molecular weight is 396 g/mol. The van der Waals surface area contributed by atoms with Crippen LogP contribution in [0.4, 0.5) is 15.8 Å². The Morgan fingerprint density at radius 2 is 1.97 bits per heavy atom. The Kier molecular flexibility index (Phi) is 6.05. The molecule has 0 radical (unpaired) electrons. The number of carbonyl (C=O) groups excluding carboxylic acids is 1. The largest absolute Gasteiger partial charge is 0.378 e. The van der Waals surface area contributed by atoms with Gasteiger partial charge in [-0.15, -0.1) is 0 Å². The monoisotopic (exact) mass is 396 g/mol. The molecule has 2 aromatic rings. The third-order valence-corrected chi connectivity index (χ3v) is 5.16. The molecule has 2 aliphatic rings. The van der Waals surface area contributed by atoms with E-state index in [2.05, 4.69) is 20.5 Å². The molecule has 0 saturated carbocycles. The van der Waals surface area contributed by atoms with Crippen LogP contribution in [0.2, 0.25) is 0 Å². The Hall–Kier alpha value is -2.93. The second-order valence-electron chi connectivity index (χ2n) is 7.17. The van der Waals surface area contributed by atoms with Gasteiger partial charge in [0.15, 0.2) is 11.7 Å². The van der Waals surface area contributed by atoms with E-state index in [1.54, 1.807) is 6.07 Å². The summed E-state index contributed by atoms with van der Waals surface area (Å²) in [7, 11) is 0. The van der Waals surface area contributed by atoms with Gasteiger partial charge in [-0.25, -0.2) is 4.39 Å². The van der Waals surface area contributed by atoms with Crippen molar-refractivity contribution in [1.82, 2.24) is 5.32 Å². The topological polar surface area (TPSA) is 66.0 Å². The van der Waals surface area contributed by atoms with E-state index in [0.29, 0.717) is 19.6 Å². The maximum Gasteiger partial charge on any atom is 0.195 e. The van der Waals surface area contributed by atoms with Crippen LogP contribution in [-0.2, 0) is 11.2 Å². The number of aliphatic imine (C=N–C) groups is 1. The molecule has 0 atom stereocenters. The van der Waals surface area contributed by atoms with Crippen molar-refractivity contribution in [3.8, 4) is 0 Å². The number of aryl methyl sites for hydroxylation is 1. The third-order valence-electron chi connectivity index (χ3n) is 5.16. The lowest BCUT2D eigenvalue weighted by Crippen LogP contribution is -2.36. The SMILES string of the molecule is O=C(CCc1ccc(NC2=NCCN2)cc1)c1ccc(N2CCOCC2)cc1F. The van der Waals surface area contributed by atoms with Crippen LogP contribution in [-0.4, -0.2) is 51.1 Å². The van der Waals surface area contributed by atoms with Crippen LogP contribution >= 0.6 is 0 Å². The molecule has 0 unspecified atom stereocenters. The molecule has 1 fully saturated rings. The minimum atomic E-state index is -0.455. The fraction of sp³-hybridized carbons (Fsp3) is 0.364. The Morgan fingerprint density at radius 1 is 1.17 bits per heavy atom. The van der Waals surface area contributed by atoms with Crippen LogP contribution in [0.3, 0.4) is 0 Å². The number of hydrogen-bond donors (Lipinski definition) is 2. The molecule has 1 saturated heterocycles. The molecule has 0 amide bonds. The van der Waals surface area contributed by atoms with Gasteiger partial charge < -0.3 is 20.3 Å². The van der Waals surface area contributed by atoms with Gasteiger partial charge in [0.1, 0.15) is 5.82 Å². The summed E-state index contributed by atoms with van der Waals surface area (Å²) in [5.74, 6) is 0.148. The highest BCUT2D eigenvalue weighted by Crippen LogP contribution is 2.21. The predicted molar refractivity (Wildman–Crippen MR) is 112 cm³/mol. The number of benzene rings is 2. The predicted octanol–water partition coefficient (Wildman–Crippen LogP) is 2.85. The number of anilines is 2. The van der Waals surface area contributed by atoms with Gasteiger partial charge in [0.05, 0.1) is 25.3 Å². The molecule has 6 nitrogen and oxygen atoms in total. The number of ketones is 1. The summed E-state index contributed by atoms with van der Waals surface area (Å²) in [6.45, 7) is 4.39. The quantitative estimate of drug-likeness (QED) is 0.735. The highest BCUT2D eigenvalue weighted by Gasteiger charge is 2.16. The maximum atomic E-state index is 14.5. The molecule has 2 N–H and O–H groups in total. The van der Waals surface area contributed by atoms with E-state index in [1.165, 1.54) is 6.07 Å². The lowest BCUT2D eigenvalue weighted by atomic mass is 10.0. The molecular formula is C22H25FN4O2. The molecule has 2 heterocycles. The third kappa shape index (κ3) is 4.92. The number of nitrogens with zero attached hydrogens (tertiary/aromatic N) is 2. The number of morpholine rings is 1. The Bertz CT molecular complexity index is 892. The van der Waals surface area contributed by atoms with Crippen LogP contribution in [0.1, 0.15) is 22.3 Å². The van der Waals surface area contributed by atoms with E-state index in [-0.39, 0.29) is 17.8 Å². The van der Waals surface area contributed by atoms with Gasteiger partial charge >= 0.3 is 0 Å². The molecule has 152 valence electrons. The van der Waals surface area contributed by atoms with Crippen molar-refractivity contribution in [2.45, 2.75) is 12.8 Å². The number of nitrogens with one attached hydrogen (secondary N) is 2. The number of halogens is 1. The lowest BCUT2D eigenvalue weighted by Gasteiger charge is -2.29. The second-order valence-corrected chi connectivity index (χ2v) is 7.17. The molecule has 4 rings (SSSR count). The van der Waals surface area contributed by atoms with Crippen molar-refractivity contribution in [2.24, 2.45) is 4.99 Å². The van der Waals surface area contributed by atoms with Gasteiger partial charge in [-0.2, -0.15) is 0 Å². The summed E-state index contributed by atoms with van der Waals surface area (Å²) in [4.78, 5) is 18.9. The van der Waals surface area contributed by atoms with Gasteiger partial charge in [-0.1, -0.05) is 12.1 Å². The molecular weight excluding hydrogens is 371 g/mol. The smallest absolute Gasteiger partial charge is 0.195 e. The number of hydrogen-bond acceptors (Lipinski definition) is 6. The summed E-state index contributed by atoms with van der Waals surface area (Å²) in [6, 6.07) is 12.7. The number of carbonyl (C=O) groups is 1. The number of Topliss-reactive ketones (excluding diaryl/α,β-unsaturated/α-hetero) is 1. The van der Waals surface area contributed by atoms with E-state index in [9.17, 15) is 9.18 Å². The summed E-state index contributed by atoms with van der Waals surface area (Å²) in [5, 5.41) is 6.37. The van der Waals surface area contributed by atoms with Crippen molar-refractivity contribution in [2.75, 3.05) is 49.6 Å². The second kappa shape index (κ2) is 9.05. The molecule has 29 heavy (non-hydrogen) atoms. The highest BCUT2D eigenvalue weighted by atomic mass is 19.1. The minimum absolute atomic E-state index is 0.158. The minimum Gasteiger partial charge on any atom is -0.378 e. The van der Waals surface area contributed by atoms with Crippen molar-refractivity contribution >= 4 is 23.1 Å². The van der Waals surface area contributed by atoms with Gasteiger partial charge in [-0.3, -0.25) is 9.79 Å². The van der Waals surface area contributed by atoms with E-state index >= 15 is 0 Å². The fourth-order valence-corrected chi connectivity index (χ4v) is 3.51. The van der Waals surface area contributed by atoms with Crippen LogP contribution in [0, 0.1) is 5.82 Å². The normalized spacial score (nSPS) is 16.3. The van der Waals surface area contributed by atoms with Gasteiger partial charge in [0.2, 0.25) is 0 Å². The Labute approximate surface area is 169 Å². The molecule has 0 aliphatic carbocycles. The van der Waals surface area contributed by atoms with Crippen molar-refractivity contribution in [1.29, 1.82) is 0 Å². The van der Waals surface area contributed by atoms with E-state index in [1.807, 2.05) is 30.3 Å². The van der Waals surface area contributed by atoms with E-state index < -0.39 is 5.82 Å². The summed E-state index contributed by atoms with van der Waals surface area (Å²) >= 11 is 0. The van der Waals surface area contributed by atoms with Crippen LogP contribution in [0.25, 0.3) is 0 Å². The van der Waals surface area contributed by atoms with Gasteiger partial charge in [0.25, 0.3) is 0 Å². The fourth-order valence-electron chi connectivity index (χ4n) is 3.51. The van der Waals surface area contributed by atoms with Crippen LogP contribution in [0.5, 0.6) is 0 Å². The van der Waals surface area contributed by atoms with Gasteiger partial charge in [0, 0.05) is 37.4 Å². The standard InChI is InChI=1S/C22H25FN4O2/c23-20-15-18(27-11-13-29-14-12-27)6-7-19(20)21(28)8-3-16-1-4-17(5-2-16)26-22-24-9-10-25-22/h1-2,4-7,15H,3,8-14H2,(H2,24,25,26). The Balaban J connectivity index is 1.33. The molecule has 0 bridgehead atoms. The Morgan fingerprint density at radius 3 is 2.66 bits per heavy atom. The first-order valence-electron chi connectivity index (χ1n) is 9.99. The zero-order chi connectivity index (χ0) is 20.1. The van der Waals surface area contributed by atoms with Crippen LogP contribution < -0.4 is 15.5 Å². The van der Waals surface area contributed by atoms with Crippen LogP contribution in [0.15, 0.2) is 47.5 Å². The molecule has 0 spiro atoms. The van der Waals surface area contributed by atoms with Crippen molar-refractivity contribution < 1.29 is 13.9 Å². The average Bonchev–Trinajstić information content (AvgIpc) is 3.26. The zero-order valence-corrected chi connectivity index (χ0v) is 16.3. The van der Waals surface area contributed by atoms with E-state index in [0.717, 1.165) is 49.1 Å². The zero-order valence-electron chi connectivity index (χ0n) is 16.3. The van der Waals surface area contributed by atoms with Crippen molar-refractivity contribution in [3.05, 3.63) is 59.4 Å². The summed E-state index contributed by atoms with van der Waals surface area (Å²) < 4.78 is 19.8. The highest BCUT2D eigenvalue weighted by molar-refractivity contribution is 5.97. The number of ether oxygens (including phenoxy) is 1. The maximum absolute atomic E-state index is 14.5. The van der Waals surface area contributed by atoms with Gasteiger partial charge in [-0.05, 0) is 42.3 Å². The summed E-state index contributed by atoms with van der Waals surface area (Å²) in [6.07, 6.45) is 0.845. The number of guanidine groups is 1.